The number of aromatic nitrogens is 1. The molecule has 0 radical (unpaired) electrons. The Balaban J connectivity index is 1.54. The monoisotopic (exact) mass is 331 g/mol. The predicted octanol–water partition coefficient (Wildman–Crippen LogP) is 3.87. The van der Waals surface area contributed by atoms with Crippen LogP contribution in [-0.2, 0) is 0 Å². The summed E-state index contributed by atoms with van der Waals surface area (Å²) in [7, 11) is 0. The molecule has 114 valence electrons. The van der Waals surface area contributed by atoms with Gasteiger partial charge < -0.3 is 10.2 Å². The van der Waals surface area contributed by atoms with Gasteiger partial charge in [0.05, 0.1) is 22.4 Å². The second kappa shape index (κ2) is 7.24. The normalized spacial score (nSPS) is 14.1. The third-order valence-electron chi connectivity index (χ3n) is 3.35. The molecular weight excluding hydrogens is 314 g/mol. The van der Waals surface area contributed by atoms with E-state index < -0.39 is 12.2 Å². The van der Waals surface area contributed by atoms with E-state index in [1.54, 1.807) is 11.3 Å². The van der Waals surface area contributed by atoms with Gasteiger partial charge in [-0.3, -0.25) is 0 Å². The molecule has 1 aromatic heterocycles. The van der Waals surface area contributed by atoms with Crippen molar-refractivity contribution in [2.45, 2.75) is 23.0 Å². The maximum absolute atomic E-state index is 10.1. The fourth-order valence-electron chi connectivity index (χ4n) is 2.22. The highest BCUT2D eigenvalue weighted by molar-refractivity contribution is 8.01. The first-order valence-electron chi connectivity index (χ1n) is 7.12. The summed E-state index contributed by atoms with van der Waals surface area (Å²) >= 11 is 3.17. The highest BCUT2D eigenvalue weighted by Crippen LogP contribution is 2.30. The molecule has 0 aliphatic carbocycles. The van der Waals surface area contributed by atoms with E-state index in [0.29, 0.717) is 12.2 Å². The summed E-state index contributed by atoms with van der Waals surface area (Å²) in [5.74, 6) is 0.531. The average molecular weight is 331 g/mol. The molecule has 3 nitrogen and oxygen atoms in total. The molecule has 0 aliphatic rings. The van der Waals surface area contributed by atoms with Gasteiger partial charge in [0.1, 0.15) is 0 Å². The maximum Gasteiger partial charge on any atom is 0.151 e. The molecule has 2 N–H and O–H groups in total. The van der Waals surface area contributed by atoms with Crippen molar-refractivity contribution in [2.24, 2.45) is 0 Å². The molecule has 0 aliphatic heterocycles. The van der Waals surface area contributed by atoms with Gasteiger partial charge in [-0.2, -0.15) is 0 Å². The number of aliphatic hydroxyl groups excluding tert-OH is 2. The Hall–Kier alpha value is -1.40. The molecular formula is C17H17NO2S2. The van der Waals surface area contributed by atoms with Crippen molar-refractivity contribution in [1.29, 1.82) is 0 Å². The van der Waals surface area contributed by atoms with Crippen LogP contribution in [0, 0.1) is 0 Å². The van der Waals surface area contributed by atoms with Crippen molar-refractivity contribution in [3.63, 3.8) is 0 Å². The first-order chi connectivity index (χ1) is 10.7. The summed E-state index contributed by atoms with van der Waals surface area (Å²) in [6.07, 6.45) is -0.860. The lowest BCUT2D eigenvalue weighted by Crippen LogP contribution is -2.14. The first-order valence-corrected chi connectivity index (χ1v) is 8.92. The number of thioether (sulfide) groups is 1. The van der Waals surface area contributed by atoms with Crippen molar-refractivity contribution in [1.82, 2.24) is 4.98 Å². The van der Waals surface area contributed by atoms with Crippen LogP contribution in [0.3, 0.4) is 0 Å². The number of thiazole rings is 1. The number of para-hydroxylation sites is 1. The Morgan fingerprint density at radius 2 is 1.73 bits per heavy atom. The molecule has 0 fully saturated rings. The van der Waals surface area contributed by atoms with E-state index in [9.17, 15) is 10.2 Å². The van der Waals surface area contributed by atoms with Crippen molar-refractivity contribution in [3.8, 4) is 0 Å². The number of aliphatic hydroxyl groups is 2. The molecule has 2 unspecified atom stereocenters. The standard InChI is InChI=1S/C17H17NO2S2/c19-13(10-15(20)12-6-2-1-3-7-12)11-21-17-18-14-8-4-5-9-16(14)22-17/h1-9,13,15,19-20H,10-11H2. The van der Waals surface area contributed by atoms with Crippen molar-refractivity contribution in [3.05, 3.63) is 60.2 Å². The van der Waals surface area contributed by atoms with E-state index in [-0.39, 0.29) is 0 Å². The zero-order chi connectivity index (χ0) is 15.4. The van der Waals surface area contributed by atoms with E-state index in [1.165, 1.54) is 11.8 Å². The molecule has 5 heteroatoms. The SMILES string of the molecule is OC(CSc1nc2ccccc2s1)CC(O)c1ccccc1. The van der Waals surface area contributed by atoms with Crippen LogP contribution >= 0.6 is 23.1 Å². The number of hydrogen-bond donors (Lipinski definition) is 2. The minimum absolute atomic E-state index is 0.335. The Kier molecular flexibility index (Phi) is 5.10. The van der Waals surface area contributed by atoms with E-state index >= 15 is 0 Å². The number of hydrogen-bond acceptors (Lipinski definition) is 5. The number of nitrogens with zero attached hydrogens (tertiary/aromatic N) is 1. The largest absolute Gasteiger partial charge is 0.392 e. The zero-order valence-corrected chi connectivity index (χ0v) is 13.6. The fraction of sp³-hybridized carbons (Fsp3) is 0.235. The van der Waals surface area contributed by atoms with E-state index in [4.69, 9.17) is 0 Å². The van der Waals surface area contributed by atoms with Gasteiger partial charge in [-0.15, -0.1) is 11.3 Å². The number of rotatable bonds is 6. The maximum atomic E-state index is 10.1. The Bertz CT molecular complexity index is 697. The fourth-order valence-corrected chi connectivity index (χ4v) is 4.26. The van der Waals surface area contributed by atoms with Crippen molar-refractivity contribution >= 4 is 33.3 Å². The predicted molar refractivity (Wildman–Crippen MR) is 92.4 cm³/mol. The van der Waals surface area contributed by atoms with Gasteiger partial charge in [-0.05, 0) is 17.7 Å². The Morgan fingerprint density at radius 3 is 2.50 bits per heavy atom. The highest BCUT2D eigenvalue weighted by atomic mass is 32.2. The lowest BCUT2D eigenvalue weighted by atomic mass is 10.0. The van der Waals surface area contributed by atoms with Crippen LogP contribution < -0.4 is 0 Å². The molecule has 22 heavy (non-hydrogen) atoms. The molecule has 0 spiro atoms. The summed E-state index contributed by atoms with van der Waals surface area (Å²) in [5.41, 5.74) is 1.83. The molecule has 0 bridgehead atoms. The summed E-state index contributed by atoms with van der Waals surface area (Å²) in [4.78, 5) is 4.53. The lowest BCUT2D eigenvalue weighted by molar-refractivity contribution is 0.0931. The topological polar surface area (TPSA) is 53.4 Å². The second-order valence-electron chi connectivity index (χ2n) is 5.07. The first kappa shape index (κ1) is 15.5. The summed E-state index contributed by atoms with van der Waals surface area (Å²) < 4.78 is 2.11. The van der Waals surface area contributed by atoms with Gasteiger partial charge in [0.15, 0.2) is 4.34 Å². The van der Waals surface area contributed by atoms with E-state index in [2.05, 4.69) is 4.98 Å². The molecule has 3 rings (SSSR count). The lowest BCUT2D eigenvalue weighted by Gasteiger charge is -2.15. The molecule has 0 saturated heterocycles. The van der Waals surface area contributed by atoms with Gasteiger partial charge in [0, 0.05) is 12.2 Å². The Morgan fingerprint density at radius 1 is 1.00 bits per heavy atom. The van der Waals surface area contributed by atoms with Crippen LogP contribution in [-0.4, -0.2) is 27.1 Å². The third-order valence-corrected chi connectivity index (χ3v) is 5.68. The molecule has 2 atom stereocenters. The molecule has 3 aromatic rings. The van der Waals surface area contributed by atoms with Gasteiger partial charge >= 0.3 is 0 Å². The van der Waals surface area contributed by atoms with Gasteiger partial charge in [0.25, 0.3) is 0 Å². The molecule has 1 heterocycles. The van der Waals surface area contributed by atoms with Crippen LogP contribution in [0.15, 0.2) is 58.9 Å². The van der Waals surface area contributed by atoms with Crippen LogP contribution in [0.1, 0.15) is 18.1 Å². The zero-order valence-electron chi connectivity index (χ0n) is 11.9. The van der Waals surface area contributed by atoms with Crippen LogP contribution in [0.4, 0.5) is 0 Å². The molecule has 2 aromatic carbocycles. The van der Waals surface area contributed by atoms with Crippen molar-refractivity contribution < 1.29 is 10.2 Å². The van der Waals surface area contributed by atoms with E-state index in [0.717, 1.165) is 20.1 Å². The summed E-state index contributed by atoms with van der Waals surface area (Å²) in [6.45, 7) is 0. The second-order valence-corrected chi connectivity index (χ2v) is 7.37. The number of benzene rings is 2. The summed E-state index contributed by atoms with van der Waals surface area (Å²) in [5, 5.41) is 20.2. The number of fused-ring (bicyclic) bond motifs is 1. The molecule has 0 saturated carbocycles. The van der Waals surface area contributed by atoms with Gasteiger partial charge in [-0.25, -0.2) is 4.98 Å². The minimum Gasteiger partial charge on any atom is -0.392 e. The Labute approximate surface area is 137 Å². The third kappa shape index (κ3) is 3.87. The van der Waals surface area contributed by atoms with Crippen LogP contribution in [0.2, 0.25) is 0 Å². The van der Waals surface area contributed by atoms with E-state index in [1.807, 2.05) is 54.6 Å². The van der Waals surface area contributed by atoms with Crippen LogP contribution in [0.5, 0.6) is 0 Å². The quantitative estimate of drug-likeness (QED) is 0.673. The van der Waals surface area contributed by atoms with Crippen LogP contribution in [0.25, 0.3) is 10.2 Å². The highest BCUT2D eigenvalue weighted by Gasteiger charge is 2.15. The average Bonchev–Trinajstić information content (AvgIpc) is 2.96. The molecule has 0 amide bonds. The summed E-state index contributed by atoms with van der Waals surface area (Å²) in [6, 6.07) is 17.5. The van der Waals surface area contributed by atoms with Gasteiger partial charge in [0.2, 0.25) is 0 Å². The van der Waals surface area contributed by atoms with Crippen molar-refractivity contribution in [2.75, 3.05) is 5.75 Å². The minimum atomic E-state index is -0.632. The smallest absolute Gasteiger partial charge is 0.151 e. The van der Waals surface area contributed by atoms with Gasteiger partial charge in [-0.1, -0.05) is 54.2 Å².